The Morgan fingerprint density at radius 3 is 2.58 bits per heavy atom. The Bertz CT molecular complexity index is 403. The Labute approximate surface area is 126 Å². The summed E-state index contributed by atoms with van der Waals surface area (Å²) in [5.74, 6) is 0.831. The molecular weight excluding hydrogens is 298 g/mol. The van der Waals surface area contributed by atoms with Crippen LogP contribution in [0.15, 0.2) is 28.7 Å². The standard InChI is InChI=1S/C17H26BrN/c1-17(2)9-7-14(8-10-17)16(19-3)12-13-5-4-6-15(18)11-13/h4-6,11,14,16,19H,7-10,12H2,1-3H3. The zero-order valence-electron chi connectivity index (χ0n) is 12.4. The van der Waals surface area contributed by atoms with Crippen LogP contribution in [0.3, 0.4) is 0 Å². The first kappa shape index (κ1) is 15.1. The summed E-state index contributed by atoms with van der Waals surface area (Å²) < 4.78 is 1.18. The fourth-order valence-electron chi connectivity index (χ4n) is 3.25. The molecule has 1 atom stereocenters. The lowest BCUT2D eigenvalue weighted by molar-refractivity contribution is 0.163. The van der Waals surface area contributed by atoms with Crippen LogP contribution in [0.2, 0.25) is 0 Å². The molecule has 0 spiro atoms. The van der Waals surface area contributed by atoms with Gasteiger partial charge in [0.05, 0.1) is 0 Å². The largest absolute Gasteiger partial charge is 0.316 e. The van der Waals surface area contributed by atoms with Gasteiger partial charge in [-0.3, -0.25) is 0 Å². The van der Waals surface area contributed by atoms with Crippen molar-refractivity contribution in [3.63, 3.8) is 0 Å². The van der Waals surface area contributed by atoms with Gasteiger partial charge in [0.15, 0.2) is 0 Å². The third-order valence-corrected chi connectivity index (χ3v) is 5.16. The molecule has 1 aliphatic rings. The molecule has 0 heterocycles. The molecular formula is C17H26BrN. The SMILES string of the molecule is CNC(Cc1cccc(Br)c1)C1CCC(C)(C)CC1. The summed E-state index contributed by atoms with van der Waals surface area (Å²) in [6.07, 6.45) is 6.61. The molecule has 1 unspecified atom stereocenters. The Morgan fingerprint density at radius 2 is 2.00 bits per heavy atom. The molecule has 1 aromatic rings. The van der Waals surface area contributed by atoms with Gasteiger partial charge in [0.25, 0.3) is 0 Å². The molecule has 1 aliphatic carbocycles. The van der Waals surface area contributed by atoms with E-state index in [1.165, 1.54) is 35.7 Å². The van der Waals surface area contributed by atoms with Gasteiger partial charge in [0.2, 0.25) is 0 Å². The Kier molecular flexibility index (Phi) is 5.08. The second kappa shape index (κ2) is 6.41. The van der Waals surface area contributed by atoms with Crippen molar-refractivity contribution in [1.29, 1.82) is 0 Å². The molecule has 106 valence electrons. The average Bonchev–Trinajstić information content (AvgIpc) is 2.36. The summed E-state index contributed by atoms with van der Waals surface area (Å²) in [4.78, 5) is 0. The maximum absolute atomic E-state index is 3.56. The fourth-order valence-corrected chi connectivity index (χ4v) is 3.69. The molecule has 0 saturated heterocycles. The predicted molar refractivity (Wildman–Crippen MR) is 86.4 cm³/mol. The van der Waals surface area contributed by atoms with E-state index >= 15 is 0 Å². The zero-order valence-corrected chi connectivity index (χ0v) is 14.0. The van der Waals surface area contributed by atoms with E-state index in [1.54, 1.807) is 0 Å². The van der Waals surface area contributed by atoms with Gasteiger partial charge in [-0.1, -0.05) is 41.9 Å². The van der Waals surface area contributed by atoms with Crippen LogP contribution in [-0.4, -0.2) is 13.1 Å². The van der Waals surface area contributed by atoms with Crippen molar-refractivity contribution in [2.24, 2.45) is 11.3 Å². The van der Waals surface area contributed by atoms with Crippen molar-refractivity contribution in [2.45, 2.75) is 52.0 Å². The fraction of sp³-hybridized carbons (Fsp3) is 0.647. The molecule has 0 radical (unpaired) electrons. The van der Waals surface area contributed by atoms with E-state index in [9.17, 15) is 0 Å². The minimum absolute atomic E-state index is 0.560. The minimum atomic E-state index is 0.560. The third kappa shape index (κ3) is 4.32. The number of rotatable bonds is 4. The van der Waals surface area contributed by atoms with Gasteiger partial charge in [-0.25, -0.2) is 0 Å². The van der Waals surface area contributed by atoms with Crippen LogP contribution in [0, 0.1) is 11.3 Å². The van der Waals surface area contributed by atoms with Crippen LogP contribution >= 0.6 is 15.9 Å². The molecule has 1 nitrogen and oxygen atoms in total. The van der Waals surface area contributed by atoms with Gasteiger partial charge in [-0.2, -0.15) is 0 Å². The van der Waals surface area contributed by atoms with Crippen molar-refractivity contribution >= 4 is 15.9 Å². The number of likely N-dealkylation sites (N-methyl/N-ethyl adjacent to an activating group) is 1. The molecule has 1 saturated carbocycles. The van der Waals surface area contributed by atoms with Gasteiger partial charge in [0.1, 0.15) is 0 Å². The molecule has 0 bridgehead atoms. The second-order valence-electron chi connectivity index (χ2n) is 6.73. The molecule has 0 amide bonds. The molecule has 1 fully saturated rings. The van der Waals surface area contributed by atoms with E-state index in [2.05, 4.69) is 66.4 Å². The highest BCUT2D eigenvalue weighted by Crippen LogP contribution is 2.39. The number of nitrogens with one attached hydrogen (secondary N) is 1. The van der Waals surface area contributed by atoms with Gasteiger partial charge in [0, 0.05) is 10.5 Å². The number of benzene rings is 1. The van der Waals surface area contributed by atoms with E-state index in [1.807, 2.05) is 0 Å². The van der Waals surface area contributed by atoms with E-state index in [0.29, 0.717) is 11.5 Å². The van der Waals surface area contributed by atoms with E-state index in [0.717, 1.165) is 12.3 Å². The van der Waals surface area contributed by atoms with Crippen molar-refractivity contribution < 1.29 is 0 Å². The van der Waals surface area contributed by atoms with Crippen molar-refractivity contribution in [3.05, 3.63) is 34.3 Å². The summed E-state index contributed by atoms with van der Waals surface area (Å²) in [6, 6.07) is 9.33. The first-order valence-electron chi connectivity index (χ1n) is 7.42. The van der Waals surface area contributed by atoms with Crippen LogP contribution in [0.25, 0.3) is 0 Å². The van der Waals surface area contributed by atoms with Crippen molar-refractivity contribution in [1.82, 2.24) is 5.32 Å². The topological polar surface area (TPSA) is 12.0 Å². The summed E-state index contributed by atoms with van der Waals surface area (Å²) >= 11 is 3.56. The highest BCUT2D eigenvalue weighted by Gasteiger charge is 2.30. The number of halogens is 1. The number of hydrogen-bond acceptors (Lipinski definition) is 1. The lowest BCUT2D eigenvalue weighted by Crippen LogP contribution is -2.38. The monoisotopic (exact) mass is 323 g/mol. The zero-order chi connectivity index (χ0) is 13.9. The second-order valence-corrected chi connectivity index (χ2v) is 7.65. The highest BCUT2D eigenvalue weighted by atomic mass is 79.9. The van der Waals surface area contributed by atoms with Gasteiger partial charge in [-0.15, -0.1) is 0 Å². The lowest BCUT2D eigenvalue weighted by Gasteiger charge is -2.38. The van der Waals surface area contributed by atoms with Gasteiger partial charge >= 0.3 is 0 Å². The Morgan fingerprint density at radius 1 is 1.32 bits per heavy atom. The van der Waals surface area contributed by atoms with E-state index < -0.39 is 0 Å². The summed E-state index contributed by atoms with van der Waals surface area (Å²) in [6.45, 7) is 4.82. The summed E-state index contributed by atoms with van der Waals surface area (Å²) in [5, 5.41) is 3.55. The van der Waals surface area contributed by atoms with Gasteiger partial charge in [-0.05, 0) is 68.2 Å². The molecule has 2 rings (SSSR count). The van der Waals surface area contributed by atoms with E-state index in [4.69, 9.17) is 0 Å². The predicted octanol–water partition coefficient (Wildman–Crippen LogP) is 4.80. The van der Waals surface area contributed by atoms with Gasteiger partial charge < -0.3 is 5.32 Å². The smallest absolute Gasteiger partial charge is 0.0178 e. The first-order chi connectivity index (χ1) is 9.00. The summed E-state index contributed by atoms with van der Waals surface area (Å²) in [7, 11) is 2.11. The molecule has 1 N–H and O–H groups in total. The molecule has 1 aromatic carbocycles. The van der Waals surface area contributed by atoms with Crippen LogP contribution in [0.1, 0.15) is 45.1 Å². The maximum Gasteiger partial charge on any atom is 0.0178 e. The molecule has 0 aliphatic heterocycles. The molecule has 0 aromatic heterocycles. The van der Waals surface area contributed by atoms with Crippen molar-refractivity contribution in [3.8, 4) is 0 Å². The Hall–Kier alpha value is -0.340. The van der Waals surface area contributed by atoms with Crippen LogP contribution < -0.4 is 5.32 Å². The third-order valence-electron chi connectivity index (χ3n) is 4.67. The minimum Gasteiger partial charge on any atom is -0.316 e. The maximum atomic E-state index is 3.56. The Balaban J connectivity index is 1.97. The molecule has 2 heteroatoms. The summed E-state index contributed by atoms with van der Waals surface area (Å²) in [5.41, 5.74) is 1.99. The van der Waals surface area contributed by atoms with Crippen LogP contribution in [0.4, 0.5) is 0 Å². The lowest BCUT2D eigenvalue weighted by atomic mass is 9.70. The highest BCUT2D eigenvalue weighted by molar-refractivity contribution is 9.10. The van der Waals surface area contributed by atoms with Crippen LogP contribution in [0.5, 0.6) is 0 Å². The molecule has 19 heavy (non-hydrogen) atoms. The normalized spacial score (nSPS) is 21.3. The number of hydrogen-bond donors (Lipinski definition) is 1. The first-order valence-corrected chi connectivity index (χ1v) is 8.21. The average molecular weight is 324 g/mol. The quantitative estimate of drug-likeness (QED) is 0.839. The van der Waals surface area contributed by atoms with Crippen molar-refractivity contribution in [2.75, 3.05) is 7.05 Å². The van der Waals surface area contributed by atoms with E-state index in [-0.39, 0.29) is 0 Å². The van der Waals surface area contributed by atoms with Crippen LogP contribution in [-0.2, 0) is 6.42 Å².